The van der Waals surface area contributed by atoms with Crippen LogP contribution in [0.3, 0.4) is 0 Å². The van der Waals surface area contributed by atoms with E-state index in [0.717, 1.165) is 70.6 Å². The quantitative estimate of drug-likeness (QED) is 0.0612. The van der Waals surface area contributed by atoms with Crippen molar-refractivity contribution in [2.24, 2.45) is 0 Å². The van der Waals surface area contributed by atoms with Crippen molar-refractivity contribution >= 4 is 11.9 Å². The van der Waals surface area contributed by atoms with Crippen LogP contribution in [0.5, 0.6) is 0 Å². The lowest BCUT2D eigenvalue weighted by molar-refractivity contribution is -0.159. The van der Waals surface area contributed by atoms with Gasteiger partial charge in [-0.25, -0.2) is 0 Å². The number of carbonyl (C=O) groups excluding carboxylic acids is 2. The van der Waals surface area contributed by atoms with Crippen LogP contribution in [-0.2, 0) is 14.3 Å². The number of esters is 2. The first kappa shape index (κ1) is 32.8. The molecule has 0 unspecified atom stereocenters. The van der Waals surface area contributed by atoms with Crippen LogP contribution >= 0.6 is 0 Å². The van der Waals surface area contributed by atoms with Gasteiger partial charge in [-0.05, 0) is 38.5 Å². The molecular formula is C30H56O4. The summed E-state index contributed by atoms with van der Waals surface area (Å²) >= 11 is 0. The Morgan fingerprint density at radius 2 is 1.06 bits per heavy atom. The minimum absolute atomic E-state index is 0.190. The predicted octanol–water partition coefficient (Wildman–Crippen LogP) is 8.99. The molecule has 0 aromatic rings. The van der Waals surface area contributed by atoms with Gasteiger partial charge in [-0.15, -0.1) is 0 Å². The van der Waals surface area contributed by atoms with Crippen LogP contribution in [0.4, 0.5) is 0 Å². The third kappa shape index (κ3) is 25.5. The second kappa shape index (κ2) is 26.4. The summed E-state index contributed by atoms with van der Waals surface area (Å²) in [5, 5.41) is 9.94. The lowest BCUT2D eigenvalue weighted by Gasteiger charge is -2.07. The molecule has 0 aliphatic carbocycles. The molecular weight excluding hydrogens is 424 g/mol. The van der Waals surface area contributed by atoms with Crippen molar-refractivity contribution in [3.63, 3.8) is 0 Å². The zero-order chi connectivity index (χ0) is 25.1. The molecule has 200 valence electrons. The molecule has 0 fully saturated rings. The van der Waals surface area contributed by atoms with E-state index in [9.17, 15) is 14.7 Å². The van der Waals surface area contributed by atoms with Crippen LogP contribution in [0.2, 0.25) is 0 Å². The normalized spacial score (nSPS) is 12.3. The molecule has 0 rings (SSSR count). The molecule has 0 saturated carbocycles. The van der Waals surface area contributed by atoms with Crippen LogP contribution in [0.1, 0.15) is 162 Å². The van der Waals surface area contributed by atoms with E-state index in [1.807, 2.05) is 0 Å². The van der Waals surface area contributed by atoms with Crippen LogP contribution in [0.25, 0.3) is 0 Å². The van der Waals surface area contributed by atoms with Crippen molar-refractivity contribution in [2.75, 3.05) is 0 Å². The van der Waals surface area contributed by atoms with Gasteiger partial charge in [-0.3, -0.25) is 9.59 Å². The molecule has 1 atom stereocenters. The first-order valence-corrected chi connectivity index (χ1v) is 14.7. The molecule has 0 heterocycles. The van der Waals surface area contributed by atoms with E-state index in [4.69, 9.17) is 4.74 Å². The Labute approximate surface area is 211 Å². The second-order valence-corrected chi connectivity index (χ2v) is 9.94. The van der Waals surface area contributed by atoms with Crippen molar-refractivity contribution in [3.8, 4) is 0 Å². The summed E-state index contributed by atoms with van der Waals surface area (Å²) in [6.07, 6.45) is 28.5. The largest absolute Gasteiger partial charge is 0.393 e. The molecule has 0 saturated heterocycles. The molecule has 0 amide bonds. The number of aliphatic hydroxyl groups excluding tert-OH is 1. The third-order valence-electron chi connectivity index (χ3n) is 6.43. The minimum Gasteiger partial charge on any atom is -0.393 e. The van der Waals surface area contributed by atoms with Crippen molar-refractivity contribution in [3.05, 3.63) is 12.2 Å². The van der Waals surface area contributed by atoms with Crippen molar-refractivity contribution in [1.29, 1.82) is 0 Å². The zero-order valence-corrected chi connectivity index (χ0v) is 22.7. The molecule has 0 aliphatic heterocycles. The highest BCUT2D eigenvalue weighted by Crippen LogP contribution is 2.12. The van der Waals surface area contributed by atoms with Gasteiger partial charge >= 0.3 is 11.9 Å². The topological polar surface area (TPSA) is 63.6 Å². The van der Waals surface area contributed by atoms with Gasteiger partial charge in [0, 0.05) is 12.8 Å². The Balaban J connectivity index is 3.43. The fourth-order valence-corrected chi connectivity index (χ4v) is 4.17. The maximum atomic E-state index is 11.8. The number of unbranched alkanes of at least 4 members (excludes halogenated alkanes) is 16. The van der Waals surface area contributed by atoms with E-state index < -0.39 is 0 Å². The number of rotatable bonds is 25. The predicted molar refractivity (Wildman–Crippen MR) is 144 cm³/mol. The van der Waals surface area contributed by atoms with Crippen LogP contribution in [0.15, 0.2) is 12.2 Å². The summed E-state index contributed by atoms with van der Waals surface area (Å²) < 4.78 is 4.94. The molecule has 4 heteroatoms. The Kier molecular flexibility index (Phi) is 25.5. The van der Waals surface area contributed by atoms with Crippen molar-refractivity contribution < 1.29 is 19.4 Å². The van der Waals surface area contributed by atoms with Gasteiger partial charge in [-0.1, -0.05) is 122 Å². The molecule has 0 aromatic heterocycles. The standard InChI is InChI=1S/C30H56O4/c1-3-5-7-9-10-11-15-18-22-26-29(32)34-30(33)27-23-19-16-13-12-14-17-21-25-28(31)24-20-8-6-4-2/h17,21,28,31H,3-16,18-20,22-27H2,1-2H3/b21-17-/t28-/m1/s1. The van der Waals surface area contributed by atoms with Gasteiger partial charge < -0.3 is 9.84 Å². The summed E-state index contributed by atoms with van der Waals surface area (Å²) in [6.45, 7) is 4.44. The Morgan fingerprint density at radius 1 is 0.618 bits per heavy atom. The SMILES string of the molecule is CCCCCCCCCCCC(=O)OC(=O)CCCCCCC/C=C\C[C@H](O)CCCCCC. The van der Waals surface area contributed by atoms with Gasteiger partial charge in [0.05, 0.1) is 6.10 Å². The average molecular weight is 481 g/mol. The van der Waals surface area contributed by atoms with Gasteiger partial charge in [-0.2, -0.15) is 0 Å². The molecule has 1 N–H and O–H groups in total. The van der Waals surface area contributed by atoms with Crippen LogP contribution in [-0.4, -0.2) is 23.1 Å². The number of hydrogen-bond acceptors (Lipinski definition) is 4. The Bertz CT molecular complexity index is 486. The van der Waals surface area contributed by atoms with Crippen LogP contribution in [0, 0.1) is 0 Å². The monoisotopic (exact) mass is 480 g/mol. The maximum Gasteiger partial charge on any atom is 0.313 e. The van der Waals surface area contributed by atoms with Crippen molar-refractivity contribution in [1.82, 2.24) is 0 Å². The number of carbonyl (C=O) groups is 2. The van der Waals surface area contributed by atoms with Gasteiger partial charge in [0.15, 0.2) is 0 Å². The first-order chi connectivity index (χ1) is 16.6. The summed E-state index contributed by atoms with van der Waals surface area (Å²) in [4.78, 5) is 23.6. The number of ether oxygens (including phenoxy) is 1. The maximum absolute atomic E-state index is 11.8. The number of allylic oxidation sites excluding steroid dienone is 1. The van der Waals surface area contributed by atoms with E-state index in [1.165, 1.54) is 64.2 Å². The first-order valence-electron chi connectivity index (χ1n) is 14.7. The summed E-state index contributed by atoms with van der Waals surface area (Å²) in [7, 11) is 0. The molecule has 0 spiro atoms. The minimum atomic E-state index is -0.364. The Morgan fingerprint density at radius 3 is 1.59 bits per heavy atom. The molecule has 0 aromatic carbocycles. The third-order valence-corrected chi connectivity index (χ3v) is 6.43. The molecule has 4 nitrogen and oxygen atoms in total. The molecule has 0 radical (unpaired) electrons. The highest BCUT2D eigenvalue weighted by molar-refractivity contribution is 5.85. The van der Waals surface area contributed by atoms with Crippen molar-refractivity contribution in [2.45, 2.75) is 168 Å². The zero-order valence-electron chi connectivity index (χ0n) is 22.7. The van der Waals surface area contributed by atoms with Gasteiger partial charge in [0.1, 0.15) is 0 Å². The molecule has 0 bridgehead atoms. The fraction of sp³-hybridized carbons (Fsp3) is 0.867. The fourth-order valence-electron chi connectivity index (χ4n) is 4.17. The van der Waals surface area contributed by atoms with E-state index in [0.29, 0.717) is 12.8 Å². The highest BCUT2D eigenvalue weighted by Gasteiger charge is 2.09. The second-order valence-electron chi connectivity index (χ2n) is 9.94. The lowest BCUT2D eigenvalue weighted by Crippen LogP contribution is -2.11. The van der Waals surface area contributed by atoms with Gasteiger partial charge in [0.2, 0.25) is 0 Å². The van der Waals surface area contributed by atoms with E-state index in [1.54, 1.807) is 0 Å². The highest BCUT2D eigenvalue weighted by atomic mass is 16.6. The summed E-state index contributed by atoms with van der Waals surface area (Å²) in [6, 6.07) is 0. The smallest absolute Gasteiger partial charge is 0.313 e. The average Bonchev–Trinajstić information content (AvgIpc) is 2.82. The van der Waals surface area contributed by atoms with E-state index >= 15 is 0 Å². The number of aliphatic hydroxyl groups is 1. The lowest BCUT2D eigenvalue weighted by atomic mass is 10.1. The van der Waals surface area contributed by atoms with E-state index in [2.05, 4.69) is 26.0 Å². The number of hydrogen-bond donors (Lipinski definition) is 1. The van der Waals surface area contributed by atoms with Crippen LogP contribution < -0.4 is 0 Å². The Hall–Kier alpha value is -1.16. The molecule has 0 aliphatic rings. The van der Waals surface area contributed by atoms with E-state index in [-0.39, 0.29) is 18.0 Å². The molecule has 34 heavy (non-hydrogen) atoms. The summed E-state index contributed by atoms with van der Waals surface area (Å²) in [5.41, 5.74) is 0. The van der Waals surface area contributed by atoms with Gasteiger partial charge in [0.25, 0.3) is 0 Å². The summed E-state index contributed by atoms with van der Waals surface area (Å²) in [5.74, 6) is -0.720.